The second-order valence-corrected chi connectivity index (χ2v) is 7.61. The van der Waals surface area contributed by atoms with Crippen molar-refractivity contribution in [3.63, 3.8) is 0 Å². The Morgan fingerprint density at radius 2 is 2.10 bits per heavy atom. The number of hydrogen-bond acceptors (Lipinski definition) is 6. The zero-order chi connectivity index (χ0) is 20.9. The fourth-order valence-electron chi connectivity index (χ4n) is 2.85. The third-order valence-corrected chi connectivity index (χ3v) is 5.05. The highest BCUT2D eigenvalue weighted by atomic mass is 32.1. The Bertz CT molecular complexity index is 1290. The highest BCUT2D eigenvalue weighted by molar-refractivity contribution is 7.09. The maximum absolute atomic E-state index is 12.3. The summed E-state index contributed by atoms with van der Waals surface area (Å²) in [7, 11) is 0. The van der Waals surface area contributed by atoms with Gasteiger partial charge in [-0.15, -0.1) is 11.3 Å². The number of amides is 1. The number of nitrogens with one attached hydrogen (secondary N) is 1. The number of ether oxygens (including phenoxy) is 1. The topological polar surface area (TPSA) is 81.4 Å². The summed E-state index contributed by atoms with van der Waals surface area (Å²) >= 11 is 1.59. The van der Waals surface area contributed by atoms with E-state index in [1.807, 2.05) is 36.6 Å². The van der Waals surface area contributed by atoms with Crippen LogP contribution in [0.4, 0.5) is 5.69 Å². The summed E-state index contributed by atoms with van der Waals surface area (Å²) in [6, 6.07) is 15.6. The Hall–Kier alpha value is -3.71. The molecule has 0 saturated carbocycles. The van der Waals surface area contributed by atoms with Gasteiger partial charge in [0.25, 0.3) is 0 Å². The summed E-state index contributed by atoms with van der Waals surface area (Å²) in [4.78, 5) is 27.9. The SMILES string of the molecule is Cc1nc(COc2cccc(/C=C/C(=O)Nc3ccc4oc(=O)ccc4c3)c2)cs1. The molecule has 4 rings (SSSR count). The zero-order valence-corrected chi connectivity index (χ0v) is 16.9. The molecule has 1 N–H and O–H groups in total. The van der Waals surface area contributed by atoms with E-state index in [2.05, 4.69) is 10.3 Å². The van der Waals surface area contributed by atoms with Gasteiger partial charge in [-0.3, -0.25) is 4.79 Å². The molecule has 1 amide bonds. The van der Waals surface area contributed by atoms with Crippen molar-refractivity contribution >= 4 is 40.0 Å². The molecule has 0 radical (unpaired) electrons. The fourth-order valence-corrected chi connectivity index (χ4v) is 3.44. The van der Waals surface area contributed by atoms with Crippen molar-refractivity contribution in [1.29, 1.82) is 0 Å². The van der Waals surface area contributed by atoms with E-state index in [-0.39, 0.29) is 5.91 Å². The van der Waals surface area contributed by atoms with Gasteiger partial charge in [-0.1, -0.05) is 12.1 Å². The summed E-state index contributed by atoms with van der Waals surface area (Å²) in [6.07, 6.45) is 3.17. The van der Waals surface area contributed by atoms with Crippen LogP contribution in [0.2, 0.25) is 0 Å². The minimum Gasteiger partial charge on any atom is -0.487 e. The first kappa shape index (κ1) is 19.6. The molecule has 2 aromatic heterocycles. The van der Waals surface area contributed by atoms with Crippen LogP contribution in [0, 0.1) is 6.92 Å². The van der Waals surface area contributed by atoms with E-state index in [9.17, 15) is 9.59 Å². The van der Waals surface area contributed by atoms with Crippen molar-refractivity contribution in [3.05, 3.63) is 92.7 Å². The first-order valence-electron chi connectivity index (χ1n) is 9.22. The maximum atomic E-state index is 12.3. The Morgan fingerprint density at radius 3 is 2.93 bits per heavy atom. The van der Waals surface area contributed by atoms with Crippen LogP contribution in [0.25, 0.3) is 17.0 Å². The smallest absolute Gasteiger partial charge is 0.336 e. The molecular formula is C23H18N2O4S. The Labute approximate surface area is 176 Å². The van der Waals surface area contributed by atoms with Gasteiger partial charge in [0.05, 0.1) is 10.7 Å². The number of carbonyl (C=O) groups excluding carboxylic acids is 1. The van der Waals surface area contributed by atoms with E-state index >= 15 is 0 Å². The first-order chi connectivity index (χ1) is 14.5. The molecular weight excluding hydrogens is 400 g/mol. The number of carbonyl (C=O) groups is 1. The van der Waals surface area contributed by atoms with E-state index < -0.39 is 5.63 Å². The molecule has 0 fully saturated rings. The number of anilines is 1. The lowest BCUT2D eigenvalue weighted by molar-refractivity contribution is -0.111. The average Bonchev–Trinajstić information content (AvgIpc) is 3.16. The Morgan fingerprint density at radius 1 is 1.20 bits per heavy atom. The standard InChI is InChI=1S/C23H18N2O4S/c1-15-24-19(14-30-15)13-28-20-4-2-3-16(11-20)5-9-22(26)25-18-7-8-21-17(12-18)6-10-23(27)29-21/h2-12,14H,13H2,1H3,(H,25,26)/b9-5+. The number of aromatic nitrogens is 1. The number of benzene rings is 2. The summed E-state index contributed by atoms with van der Waals surface area (Å²) in [5.41, 5.74) is 2.42. The van der Waals surface area contributed by atoms with Crippen LogP contribution in [0.15, 0.2) is 75.3 Å². The molecule has 150 valence electrons. The van der Waals surface area contributed by atoms with Crippen LogP contribution in [-0.2, 0) is 11.4 Å². The molecule has 0 aliphatic carbocycles. The predicted octanol–water partition coefficient (Wildman–Crippen LogP) is 4.79. The summed E-state index contributed by atoms with van der Waals surface area (Å²) < 4.78 is 10.9. The van der Waals surface area contributed by atoms with Crippen molar-refractivity contribution in [2.24, 2.45) is 0 Å². The van der Waals surface area contributed by atoms with Crippen LogP contribution < -0.4 is 15.7 Å². The van der Waals surface area contributed by atoms with Gasteiger partial charge in [0.1, 0.15) is 17.9 Å². The van der Waals surface area contributed by atoms with Crippen LogP contribution in [0.3, 0.4) is 0 Å². The van der Waals surface area contributed by atoms with Gasteiger partial charge in [0.2, 0.25) is 5.91 Å². The Kier molecular flexibility index (Phi) is 5.72. The van der Waals surface area contributed by atoms with Crippen molar-refractivity contribution in [3.8, 4) is 5.75 Å². The van der Waals surface area contributed by atoms with E-state index in [4.69, 9.17) is 9.15 Å². The van der Waals surface area contributed by atoms with Gasteiger partial charge in [0.15, 0.2) is 0 Å². The average molecular weight is 418 g/mol. The van der Waals surface area contributed by atoms with Gasteiger partial charge in [-0.05, 0) is 55.0 Å². The highest BCUT2D eigenvalue weighted by Crippen LogP contribution is 2.19. The quantitative estimate of drug-likeness (QED) is 0.360. The molecule has 0 unspecified atom stereocenters. The molecule has 2 aromatic carbocycles. The lowest BCUT2D eigenvalue weighted by Gasteiger charge is -2.05. The van der Waals surface area contributed by atoms with Crippen LogP contribution in [0.1, 0.15) is 16.3 Å². The van der Waals surface area contributed by atoms with Gasteiger partial charge < -0.3 is 14.5 Å². The van der Waals surface area contributed by atoms with E-state index in [0.29, 0.717) is 23.6 Å². The molecule has 2 heterocycles. The second-order valence-electron chi connectivity index (χ2n) is 6.55. The molecule has 0 aliphatic heterocycles. The van der Waals surface area contributed by atoms with E-state index in [1.165, 1.54) is 12.1 Å². The third-order valence-electron chi connectivity index (χ3n) is 4.23. The van der Waals surface area contributed by atoms with Crippen LogP contribution in [0.5, 0.6) is 5.75 Å². The third kappa shape index (κ3) is 5.01. The molecule has 4 aromatic rings. The molecule has 0 atom stereocenters. The van der Waals surface area contributed by atoms with Gasteiger partial charge in [-0.25, -0.2) is 9.78 Å². The molecule has 0 spiro atoms. The Balaban J connectivity index is 1.38. The largest absolute Gasteiger partial charge is 0.487 e. The molecule has 0 aliphatic rings. The second kappa shape index (κ2) is 8.75. The fraction of sp³-hybridized carbons (Fsp3) is 0.0870. The lowest BCUT2D eigenvalue weighted by Crippen LogP contribution is -2.07. The molecule has 7 heteroatoms. The number of hydrogen-bond donors (Lipinski definition) is 1. The summed E-state index contributed by atoms with van der Waals surface area (Å²) in [5.74, 6) is 0.440. The highest BCUT2D eigenvalue weighted by Gasteiger charge is 2.03. The van der Waals surface area contributed by atoms with E-state index in [0.717, 1.165) is 21.7 Å². The van der Waals surface area contributed by atoms with Gasteiger partial charge in [0, 0.05) is 28.6 Å². The number of rotatable bonds is 6. The van der Waals surface area contributed by atoms with Gasteiger partial charge >= 0.3 is 5.63 Å². The van der Waals surface area contributed by atoms with Gasteiger partial charge in [-0.2, -0.15) is 0 Å². The predicted molar refractivity (Wildman–Crippen MR) is 118 cm³/mol. The number of aryl methyl sites for hydroxylation is 1. The number of thiazole rings is 1. The van der Waals surface area contributed by atoms with Crippen molar-refractivity contribution in [2.75, 3.05) is 5.32 Å². The summed E-state index contributed by atoms with van der Waals surface area (Å²) in [5, 5.41) is 6.51. The molecule has 6 nitrogen and oxygen atoms in total. The first-order valence-corrected chi connectivity index (χ1v) is 10.1. The molecule has 0 saturated heterocycles. The minimum absolute atomic E-state index is 0.268. The normalized spacial score (nSPS) is 11.1. The maximum Gasteiger partial charge on any atom is 0.336 e. The molecule has 0 bridgehead atoms. The van der Waals surface area contributed by atoms with Crippen molar-refractivity contribution in [2.45, 2.75) is 13.5 Å². The minimum atomic E-state index is -0.407. The van der Waals surface area contributed by atoms with Crippen LogP contribution in [-0.4, -0.2) is 10.9 Å². The monoisotopic (exact) mass is 418 g/mol. The number of nitrogens with zero attached hydrogens (tertiary/aromatic N) is 1. The lowest BCUT2D eigenvalue weighted by atomic mass is 10.2. The molecule has 30 heavy (non-hydrogen) atoms. The number of fused-ring (bicyclic) bond motifs is 1. The zero-order valence-electron chi connectivity index (χ0n) is 16.1. The van der Waals surface area contributed by atoms with Crippen LogP contribution >= 0.6 is 11.3 Å². The van der Waals surface area contributed by atoms with Crippen molar-refractivity contribution in [1.82, 2.24) is 4.98 Å². The van der Waals surface area contributed by atoms with Crippen molar-refractivity contribution < 1.29 is 13.9 Å². The summed E-state index contributed by atoms with van der Waals surface area (Å²) in [6.45, 7) is 2.36. The van der Waals surface area contributed by atoms with E-state index in [1.54, 1.807) is 41.7 Å².